The molecule has 0 radical (unpaired) electrons. The zero-order chi connectivity index (χ0) is 21.7. The van der Waals surface area contributed by atoms with Crippen molar-refractivity contribution in [2.45, 2.75) is 50.6 Å². The number of nitrogens with one attached hydrogen (secondary N) is 1. The minimum atomic E-state index is -0.552. The Labute approximate surface area is 187 Å². The molecule has 1 saturated heterocycles. The van der Waals surface area contributed by atoms with E-state index in [-0.39, 0.29) is 6.61 Å². The fourth-order valence-electron chi connectivity index (χ4n) is 4.00. The summed E-state index contributed by atoms with van der Waals surface area (Å²) in [5.74, 6) is 1.11. The number of hydrogen-bond acceptors (Lipinski definition) is 8. The highest BCUT2D eigenvalue weighted by molar-refractivity contribution is 6.33. The monoisotopic (exact) mass is 442 g/mol. The van der Waals surface area contributed by atoms with Gasteiger partial charge in [0, 0.05) is 37.1 Å². The van der Waals surface area contributed by atoms with Crippen LogP contribution in [0.4, 0.5) is 5.82 Å². The summed E-state index contributed by atoms with van der Waals surface area (Å²) in [6.45, 7) is 1.39. The molecule has 0 bridgehead atoms. The third-order valence-corrected chi connectivity index (χ3v) is 6.35. The number of halogens is 1. The summed E-state index contributed by atoms with van der Waals surface area (Å²) in [6, 6.07) is 4.93. The zero-order valence-electron chi connectivity index (χ0n) is 17.4. The van der Waals surface area contributed by atoms with Crippen LogP contribution in [0.3, 0.4) is 0 Å². The molecule has 1 aliphatic carbocycles. The lowest BCUT2D eigenvalue weighted by Crippen LogP contribution is -2.34. The van der Waals surface area contributed by atoms with Gasteiger partial charge >= 0.3 is 0 Å². The molecule has 8 nitrogen and oxygen atoms in total. The van der Waals surface area contributed by atoms with Crippen LogP contribution >= 0.6 is 11.6 Å². The van der Waals surface area contributed by atoms with Gasteiger partial charge in [0.1, 0.15) is 12.4 Å². The maximum atomic E-state index is 9.61. The van der Waals surface area contributed by atoms with Gasteiger partial charge in [-0.15, -0.1) is 0 Å². The lowest BCUT2D eigenvalue weighted by molar-refractivity contribution is 0.0182. The molecule has 2 aliphatic rings. The highest BCUT2D eigenvalue weighted by Crippen LogP contribution is 2.32. The molecule has 164 valence electrons. The van der Waals surface area contributed by atoms with Crippen LogP contribution in [0.1, 0.15) is 38.5 Å². The van der Waals surface area contributed by atoms with Gasteiger partial charge in [-0.25, -0.2) is 9.97 Å². The van der Waals surface area contributed by atoms with Gasteiger partial charge in [-0.2, -0.15) is 5.26 Å². The van der Waals surface area contributed by atoms with Crippen molar-refractivity contribution in [3.63, 3.8) is 0 Å². The number of aromatic nitrogens is 3. The molecule has 2 aromatic rings. The Morgan fingerprint density at radius 3 is 2.74 bits per heavy atom. The average molecular weight is 443 g/mol. The average Bonchev–Trinajstić information content (AvgIpc) is 2.81. The molecule has 0 unspecified atom stereocenters. The number of nitrogens with zero attached hydrogens (tertiary/aromatic N) is 4. The van der Waals surface area contributed by atoms with Crippen LogP contribution < -0.4 is 15.8 Å². The Morgan fingerprint density at radius 1 is 1.23 bits per heavy atom. The van der Waals surface area contributed by atoms with E-state index in [1.54, 1.807) is 18.6 Å². The summed E-state index contributed by atoms with van der Waals surface area (Å²) in [5, 5.41) is 13.6. The maximum Gasteiger partial charge on any atom is 0.232 e. The number of pyridine rings is 1. The van der Waals surface area contributed by atoms with Crippen molar-refractivity contribution in [2.75, 3.05) is 25.1 Å². The third kappa shape index (κ3) is 5.42. The third-order valence-electron chi connectivity index (χ3n) is 6.05. The van der Waals surface area contributed by atoms with Gasteiger partial charge in [0.15, 0.2) is 0 Å². The number of rotatable bonds is 6. The summed E-state index contributed by atoms with van der Waals surface area (Å²) in [7, 11) is 0. The SMILES string of the molecule is N#CC1(COc2cncc(-c3cc(NC4CCC(N)CC4)ncc3Cl)n2)CCOCC1. The van der Waals surface area contributed by atoms with Crippen LogP contribution in [0.5, 0.6) is 5.88 Å². The highest BCUT2D eigenvalue weighted by atomic mass is 35.5. The number of ether oxygens (including phenoxy) is 2. The normalized spacial score (nSPS) is 23.0. The van der Waals surface area contributed by atoms with E-state index in [0.717, 1.165) is 37.1 Å². The second-order valence-electron chi connectivity index (χ2n) is 8.34. The van der Waals surface area contributed by atoms with Gasteiger partial charge < -0.3 is 20.5 Å². The Morgan fingerprint density at radius 2 is 2.00 bits per heavy atom. The molecule has 1 saturated carbocycles. The van der Waals surface area contributed by atoms with E-state index in [1.807, 2.05) is 6.07 Å². The molecule has 1 aliphatic heterocycles. The minimum Gasteiger partial charge on any atom is -0.475 e. The molecule has 0 aromatic carbocycles. The fourth-order valence-corrected chi connectivity index (χ4v) is 4.20. The maximum absolute atomic E-state index is 9.61. The first-order chi connectivity index (χ1) is 15.1. The summed E-state index contributed by atoms with van der Waals surface area (Å²) in [6.07, 6.45) is 10.2. The summed E-state index contributed by atoms with van der Waals surface area (Å²) in [4.78, 5) is 13.2. The predicted molar refractivity (Wildman–Crippen MR) is 118 cm³/mol. The van der Waals surface area contributed by atoms with Gasteiger partial charge in [0.25, 0.3) is 0 Å². The Bertz CT molecular complexity index is 936. The Balaban J connectivity index is 1.47. The first-order valence-corrected chi connectivity index (χ1v) is 11.1. The summed E-state index contributed by atoms with van der Waals surface area (Å²) >= 11 is 6.42. The number of nitrogens with two attached hydrogens (primary N) is 1. The van der Waals surface area contributed by atoms with Gasteiger partial charge in [0.2, 0.25) is 5.88 Å². The minimum absolute atomic E-state index is 0.256. The van der Waals surface area contributed by atoms with E-state index >= 15 is 0 Å². The van der Waals surface area contributed by atoms with Crippen molar-refractivity contribution in [1.82, 2.24) is 15.0 Å². The molecule has 4 rings (SSSR count). The van der Waals surface area contributed by atoms with Crippen molar-refractivity contribution in [3.8, 4) is 23.2 Å². The van der Waals surface area contributed by atoms with Crippen LogP contribution in [0.15, 0.2) is 24.7 Å². The molecule has 3 N–H and O–H groups in total. The van der Waals surface area contributed by atoms with Gasteiger partial charge in [0.05, 0.1) is 34.6 Å². The largest absolute Gasteiger partial charge is 0.475 e. The molecule has 2 aromatic heterocycles. The molecule has 2 fully saturated rings. The van der Waals surface area contributed by atoms with Crippen molar-refractivity contribution >= 4 is 17.4 Å². The highest BCUT2D eigenvalue weighted by Gasteiger charge is 2.34. The van der Waals surface area contributed by atoms with Crippen molar-refractivity contribution in [2.24, 2.45) is 11.1 Å². The summed E-state index contributed by atoms with van der Waals surface area (Å²) < 4.78 is 11.2. The zero-order valence-corrected chi connectivity index (χ0v) is 18.1. The van der Waals surface area contributed by atoms with E-state index in [2.05, 4.69) is 26.3 Å². The molecule has 3 heterocycles. The lowest BCUT2D eigenvalue weighted by Gasteiger charge is -2.30. The molecule has 0 spiro atoms. The number of anilines is 1. The van der Waals surface area contributed by atoms with Crippen LogP contribution in [-0.2, 0) is 4.74 Å². The van der Waals surface area contributed by atoms with E-state index in [4.69, 9.17) is 26.8 Å². The molecule has 9 heteroatoms. The smallest absolute Gasteiger partial charge is 0.232 e. The molecular formula is C22H27ClN6O2. The quantitative estimate of drug-likeness (QED) is 0.696. The van der Waals surface area contributed by atoms with Crippen molar-refractivity contribution in [1.29, 1.82) is 5.26 Å². The summed E-state index contributed by atoms with van der Waals surface area (Å²) in [5.41, 5.74) is 6.77. The van der Waals surface area contributed by atoms with Gasteiger partial charge in [-0.05, 0) is 44.6 Å². The van der Waals surface area contributed by atoms with Gasteiger partial charge in [-0.1, -0.05) is 11.6 Å². The van der Waals surface area contributed by atoms with E-state index in [9.17, 15) is 5.26 Å². The first kappa shape index (κ1) is 21.8. The van der Waals surface area contributed by atoms with E-state index < -0.39 is 5.41 Å². The Hall–Kier alpha value is -2.47. The Kier molecular flexibility index (Phi) is 6.86. The van der Waals surface area contributed by atoms with Crippen LogP contribution in [0, 0.1) is 16.7 Å². The second-order valence-corrected chi connectivity index (χ2v) is 8.75. The van der Waals surface area contributed by atoms with E-state index in [0.29, 0.717) is 54.7 Å². The van der Waals surface area contributed by atoms with Gasteiger partial charge in [-0.3, -0.25) is 4.98 Å². The molecule has 0 amide bonds. The lowest BCUT2D eigenvalue weighted by atomic mass is 9.83. The second kappa shape index (κ2) is 9.77. The first-order valence-electron chi connectivity index (χ1n) is 10.7. The fraction of sp³-hybridized carbons (Fsp3) is 0.545. The predicted octanol–water partition coefficient (Wildman–Crippen LogP) is 3.57. The van der Waals surface area contributed by atoms with Crippen molar-refractivity contribution in [3.05, 3.63) is 29.7 Å². The molecule has 0 atom stereocenters. The number of hydrogen-bond donors (Lipinski definition) is 2. The topological polar surface area (TPSA) is 119 Å². The van der Waals surface area contributed by atoms with Crippen LogP contribution in [0.2, 0.25) is 5.02 Å². The molecule has 31 heavy (non-hydrogen) atoms. The van der Waals surface area contributed by atoms with Crippen LogP contribution in [-0.4, -0.2) is 46.9 Å². The van der Waals surface area contributed by atoms with E-state index in [1.165, 1.54) is 0 Å². The molecular weight excluding hydrogens is 416 g/mol. The standard InChI is InChI=1S/C22H27ClN6O2/c23-18-10-27-20(28-16-3-1-15(25)2-4-16)9-17(18)19-11-26-12-21(29-19)31-14-22(13-24)5-7-30-8-6-22/h9-12,15-16H,1-8,14,25H2,(H,27,28). The van der Waals surface area contributed by atoms with Crippen molar-refractivity contribution < 1.29 is 9.47 Å². The number of nitriles is 1. The van der Waals surface area contributed by atoms with Crippen LogP contribution in [0.25, 0.3) is 11.3 Å².